The van der Waals surface area contributed by atoms with E-state index in [4.69, 9.17) is 20.3 Å². The van der Waals surface area contributed by atoms with Crippen LogP contribution in [0.4, 0.5) is 0 Å². The maximum Gasteiger partial charge on any atom is 0.326 e. The van der Waals surface area contributed by atoms with Crippen LogP contribution in [0.2, 0.25) is 0 Å². The second-order valence-electron chi connectivity index (χ2n) is 6.37. The quantitative estimate of drug-likeness (QED) is 0.512. The van der Waals surface area contributed by atoms with Gasteiger partial charge in [0.25, 0.3) is 5.91 Å². The van der Waals surface area contributed by atoms with Crippen LogP contribution in [-0.4, -0.2) is 41.3 Å². The first kappa shape index (κ1) is 21.1. The van der Waals surface area contributed by atoms with E-state index in [-0.39, 0.29) is 30.1 Å². The van der Waals surface area contributed by atoms with Crippen molar-refractivity contribution in [3.05, 3.63) is 51.9 Å². The van der Waals surface area contributed by atoms with Gasteiger partial charge in [-0.05, 0) is 30.0 Å². The van der Waals surface area contributed by atoms with Gasteiger partial charge in [-0.2, -0.15) is 0 Å². The number of thiophene rings is 1. The number of carbonyl (C=O) groups is 4. The number of amides is 2. The Morgan fingerprint density at radius 1 is 1.30 bits per heavy atom. The fraction of sp³-hybridized carbons (Fsp3) is 0.200. The molecule has 1 aliphatic heterocycles. The molecule has 1 aromatic carbocycles. The Morgan fingerprint density at radius 2 is 2.10 bits per heavy atom. The van der Waals surface area contributed by atoms with Crippen LogP contribution < -0.4 is 20.5 Å². The Kier molecular flexibility index (Phi) is 6.48. The standard InChI is InChI=1S/C20H18N2O7S/c21-17(23)6-5-14(20(26)27)22-18(24)10-28-11-3-4-13-15(8-11)29-16(19(13)25)9-12-2-1-7-30-12/h1-4,7-9,14H,5-6,10H2,(H2,21,23)(H,22,24)(H,26,27)/b16-9-/t14-/m0/s1. The maximum absolute atomic E-state index is 12.4. The Balaban J connectivity index is 1.59. The van der Waals surface area contributed by atoms with Crippen LogP contribution in [0.5, 0.6) is 11.5 Å². The number of benzene rings is 1. The molecule has 1 atom stereocenters. The lowest BCUT2D eigenvalue weighted by atomic mass is 10.1. The first-order valence-electron chi connectivity index (χ1n) is 8.88. The molecule has 0 bridgehead atoms. The fourth-order valence-electron chi connectivity index (χ4n) is 2.69. The van der Waals surface area contributed by atoms with Crippen molar-refractivity contribution in [2.24, 2.45) is 5.73 Å². The highest BCUT2D eigenvalue weighted by atomic mass is 32.1. The lowest BCUT2D eigenvalue weighted by molar-refractivity contribution is -0.142. The Hall–Kier alpha value is -3.66. The highest BCUT2D eigenvalue weighted by Gasteiger charge is 2.28. The van der Waals surface area contributed by atoms with Gasteiger partial charge in [-0.15, -0.1) is 11.3 Å². The number of primary amides is 1. The second kappa shape index (κ2) is 9.23. The third kappa shape index (κ3) is 5.23. The van der Waals surface area contributed by atoms with E-state index in [1.54, 1.807) is 6.08 Å². The van der Waals surface area contributed by atoms with E-state index in [9.17, 15) is 19.2 Å². The minimum Gasteiger partial charge on any atom is -0.484 e. The molecule has 156 valence electrons. The molecule has 0 radical (unpaired) electrons. The molecule has 0 spiro atoms. The zero-order valence-electron chi connectivity index (χ0n) is 15.6. The number of hydrogen-bond acceptors (Lipinski definition) is 7. The van der Waals surface area contributed by atoms with Crippen molar-refractivity contribution in [1.82, 2.24) is 5.32 Å². The van der Waals surface area contributed by atoms with Crippen molar-refractivity contribution >= 4 is 41.0 Å². The van der Waals surface area contributed by atoms with Crippen LogP contribution in [0.3, 0.4) is 0 Å². The largest absolute Gasteiger partial charge is 0.484 e. The molecule has 2 amide bonds. The van der Waals surface area contributed by atoms with Gasteiger partial charge >= 0.3 is 5.97 Å². The first-order valence-corrected chi connectivity index (χ1v) is 9.76. The molecule has 10 heteroatoms. The number of ketones is 1. The highest BCUT2D eigenvalue weighted by Crippen LogP contribution is 2.35. The molecule has 2 heterocycles. The number of hydrogen-bond donors (Lipinski definition) is 3. The van der Waals surface area contributed by atoms with E-state index in [1.165, 1.54) is 29.5 Å². The van der Waals surface area contributed by atoms with Crippen LogP contribution in [0.1, 0.15) is 28.1 Å². The van der Waals surface area contributed by atoms with Crippen molar-refractivity contribution in [1.29, 1.82) is 0 Å². The summed E-state index contributed by atoms with van der Waals surface area (Å²) in [6.07, 6.45) is 1.36. The molecule has 2 aromatic rings. The summed E-state index contributed by atoms with van der Waals surface area (Å²) in [6.45, 7) is -0.453. The number of carboxylic acids is 1. The number of nitrogens with one attached hydrogen (secondary N) is 1. The average molecular weight is 430 g/mol. The molecule has 30 heavy (non-hydrogen) atoms. The summed E-state index contributed by atoms with van der Waals surface area (Å²) in [7, 11) is 0. The summed E-state index contributed by atoms with van der Waals surface area (Å²) in [6, 6.07) is 7.01. The molecule has 4 N–H and O–H groups in total. The number of allylic oxidation sites excluding steroid dienone is 1. The number of nitrogens with two attached hydrogens (primary N) is 1. The summed E-state index contributed by atoms with van der Waals surface area (Å²) in [5.74, 6) is -2.08. The minimum atomic E-state index is -1.28. The van der Waals surface area contributed by atoms with Gasteiger partial charge in [-0.3, -0.25) is 14.4 Å². The van der Waals surface area contributed by atoms with E-state index < -0.39 is 30.4 Å². The Bertz CT molecular complexity index is 1010. The van der Waals surface area contributed by atoms with Crippen molar-refractivity contribution in [2.45, 2.75) is 18.9 Å². The van der Waals surface area contributed by atoms with Gasteiger partial charge in [0.1, 0.15) is 17.5 Å². The number of ether oxygens (including phenoxy) is 2. The predicted molar refractivity (Wildman–Crippen MR) is 107 cm³/mol. The third-order valence-electron chi connectivity index (χ3n) is 4.14. The third-order valence-corrected chi connectivity index (χ3v) is 4.96. The van der Waals surface area contributed by atoms with E-state index >= 15 is 0 Å². The number of carbonyl (C=O) groups excluding carboxylic acids is 3. The van der Waals surface area contributed by atoms with E-state index in [0.717, 1.165) is 4.88 Å². The molecule has 0 fully saturated rings. The maximum atomic E-state index is 12.4. The van der Waals surface area contributed by atoms with Gasteiger partial charge < -0.3 is 25.6 Å². The van der Waals surface area contributed by atoms with Crippen molar-refractivity contribution < 1.29 is 33.8 Å². The smallest absolute Gasteiger partial charge is 0.326 e. The first-order chi connectivity index (χ1) is 14.3. The van der Waals surface area contributed by atoms with E-state index in [2.05, 4.69) is 5.32 Å². The lowest BCUT2D eigenvalue weighted by Gasteiger charge is -2.14. The van der Waals surface area contributed by atoms with Gasteiger partial charge in [0.2, 0.25) is 11.7 Å². The van der Waals surface area contributed by atoms with Gasteiger partial charge in [-0.1, -0.05) is 6.07 Å². The summed E-state index contributed by atoms with van der Waals surface area (Å²) in [5, 5.41) is 13.3. The number of rotatable bonds is 9. The highest BCUT2D eigenvalue weighted by molar-refractivity contribution is 7.10. The predicted octanol–water partition coefficient (Wildman–Crippen LogP) is 1.58. The zero-order valence-corrected chi connectivity index (χ0v) is 16.4. The van der Waals surface area contributed by atoms with Crippen LogP contribution in [0, 0.1) is 0 Å². The van der Waals surface area contributed by atoms with Gasteiger partial charge in [0.15, 0.2) is 12.4 Å². The Labute approximate surface area is 175 Å². The molecule has 9 nitrogen and oxygen atoms in total. The van der Waals surface area contributed by atoms with Crippen molar-refractivity contribution in [3.8, 4) is 11.5 Å². The minimum absolute atomic E-state index is 0.120. The van der Waals surface area contributed by atoms with Crippen LogP contribution in [0.25, 0.3) is 6.08 Å². The van der Waals surface area contributed by atoms with E-state index in [1.807, 2.05) is 17.5 Å². The van der Waals surface area contributed by atoms with Crippen molar-refractivity contribution in [3.63, 3.8) is 0 Å². The number of carboxylic acid groups (broad SMARTS) is 1. The summed E-state index contributed by atoms with van der Waals surface area (Å²) >= 11 is 1.47. The Morgan fingerprint density at radius 3 is 2.77 bits per heavy atom. The fourth-order valence-corrected chi connectivity index (χ4v) is 3.33. The SMILES string of the molecule is NC(=O)CC[C@H](NC(=O)COc1ccc2c(c1)O/C(=C\c1cccs1)C2=O)C(=O)O. The van der Waals surface area contributed by atoms with Crippen molar-refractivity contribution in [2.75, 3.05) is 6.61 Å². The summed E-state index contributed by atoms with van der Waals surface area (Å²) in [4.78, 5) is 47.2. The summed E-state index contributed by atoms with van der Waals surface area (Å²) < 4.78 is 11.0. The number of aliphatic carboxylic acids is 1. The molecule has 0 saturated heterocycles. The van der Waals surface area contributed by atoms with Crippen LogP contribution in [0.15, 0.2) is 41.5 Å². The summed E-state index contributed by atoms with van der Waals surface area (Å²) in [5.41, 5.74) is 5.38. The van der Waals surface area contributed by atoms with Gasteiger partial charge in [0.05, 0.1) is 5.56 Å². The monoisotopic (exact) mass is 430 g/mol. The molecule has 3 rings (SSSR count). The lowest BCUT2D eigenvalue weighted by Crippen LogP contribution is -2.43. The zero-order chi connectivity index (χ0) is 21.7. The van der Waals surface area contributed by atoms with Crippen LogP contribution in [-0.2, 0) is 14.4 Å². The van der Waals surface area contributed by atoms with E-state index in [0.29, 0.717) is 11.3 Å². The van der Waals surface area contributed by atoms with Crippen LogP contribution >= 0.6 is 11.3 Å². The molecule has 0 unspecified atom stereocenters. The van der Waals surface area contributed by atoms with Gasteiger partial charge in [-0.25, -0.2) is 4.79 Å². The molecule has 0 saturated carbocycles. The van der Waals surface area contributed by atoms with Gasteiger partial charge in [0, 0.05) is 23.4 Å². The number of Topliss-reactive ketones (excluding diaryl/α,β-unsaturated/α-hetero) is 1. The molecule has 1 aliphatic rings. The average Bonchev–Trinajstić information content (AvgIpc) is 3.31. The topological polar surface area (TPSA) is 145 Å². The normalized spacial score (nSPS) is 14.7. The molecular formula is C20H18N2O7S. The number of fused-ring (bicyclic) bond motifs is 1. The molecule has 1 aromatic heterocycles. The molecular weight excluding hydrogens is 412 g/mol. The molecule has 0 aliphatic carbocycles. The second-order valence-corrected chi connectivity index (χ2v) is 7.34.